The Labute approximate surface area is 183 Å². The van der Waals surface area contributed by atoms with Gasteiger partial charge in [0.25, 0.3) is 0 Å². The molecule has 1 aliphatic carbocycles. The van der Waals surface area contributed by atoms with Crippen LogP contribution in [0.3, 0.4) is 0 Å². The summed E-state index contributed by atoms with van der Waals surface area (Å²) in [5.41, 5.74) is 4.55. The Balaban J connectivity index is 1.46. The SMILES string of the molecule is Cc1ccc(N2CCN(c3nc(C4CC4)nc4ccc(N(C)C)cc34)CC2)c(Cl)c1. The van der Waals surface area contributed by atoms with E-state index in [1.54, 1.807) is 0 Å². The van der Waals surface area contributed by atoms with Crippen LogP contribution in [-0.4, -0.2) is 50.2 Å². The van der Waals surface area contributed by atoms with Crippen molar-refractivity contribution in [2.45, 2.75) is 25.7 Å². The first-order valence-electron chi connectivity index (χ1n) is 10.7. The van der Waals surface area contributed by atoms with Gasteiger partial charge in [-0.3, -0.25) is 0 Å². The van der Waals surface area contributed by atoms with Crippen molar-refractivity contribution in [1.29, 1.82) is 0 Å². The van der Waals surface area contributed by atoms with Crippen molar-refractivity contribution in [3.8, 4) is 0 Å². The summed E-state index contributed by atoms with van der Waals surface area (Å²) in [6.45, 7) is 5.79. The van der Waals surface area contributed by atoms with Crippen molar-refractivity contribution < 1.29 is 0 Å². The maximum Gasteiger partial charge on any atom is 0.140 e. The van der Waals surface area contributed by atoms with E-state index >= 15 is 0 Å². The van der Waals surface area contributed by atoms with Crippen molar-refractivity contribution >= 4 is 39.7 Å². The van der Waals surface area contributed by atoms with Crippen LogP contribution >= 0.6 is 11.6 Å². The topological polar surface area (TPSA) is 35.5 Å². The first-order chi connectivity index (χ1) is 14.5. The lowest BCUT2D eigenvalue weighted by atomic mass is 10.1. The highest BCUT2D eigenvalue weighted by molar-refractivity contribution is 6.33. The Morgan fingerprint density at radius 3 is 2.33 bits per heavy atom. The molecule has 2 heterocycles. The van der Waals surface area contributed by atoms with Crippen LogP contribution in [0.15, 0.2) is 36.4 Å². The number of nitrogens with zero attached hydrogens (tertiary/aromatic N) is 5. The van der Waals surface area contributed by atoms with Crippen LogP contribution < -0.4 is 14.7 Å². The Morgan fingerprint density at radius 2 is 1.67 bits per heavy atom. The van der Waals surface area contributed by atoms with Crippen molar-refractivity contribution in [3.63, 3.8) is 0 Å². The van der Waals surface area contributed by atoms with Gasteiger partial charge in [0, 0.05) is 57.3 Å². The predicted octanol–water partition coefficient (Wildman–Crippen LogP) is 4.86. The Kier molecular flexibility index (Phi) is 4.94. The van der Waals surface area contributed by atoms with Gasteiger partial charge >= 0.3 is 0 Å². The molecule has 0 unspecified atom stereocenters. The van der Waals surface area contributed by atoms with Gasteiger partial charge in [-0.25, -0.2) is 9.97 Å². The molecule has 3 aromatic rings. The molecule has 0 spiro atoms. The molecule has 30 heavy (non-hydrogen) atoms. The lowest BCUT2D eigenvalue weighted by Gasteiger charge is -2.37. The lowest BCUT2D eigenvalue weighted by Crippen LogP contribution is -2.47. The predicted molar refractivity (Wildman–Crippen MR) is 126 cm³/mol. The highest BCUT2D eigenvalue weighted by Crippen LogP contribution is 2.40. The van der Waals surface area contributed by atoms with Gasteiger partial charge in [0.2, 0.25) is 0 Å². The summed E-state index contributed by atoms with van der Waals surface area (Å²) >= 11 is 6.52. The number of hydrogen-bond acceptors (Lipinski definition) is 5. The molecule has 0 amide bonds. The quantitative estimate of drug-likeness (QED) is 0.601. The van der Waals surface area contributed by atoms with Gasteiger partial charge in [-0.15, -0.1) is 0 Å². The zero-order chi connectivity index (χ0) is 20.8. The van der Waals surface area contributed by atoms with E-state index in [4.69, 9.17) is 21.6 Å². The van der Waals surface area contributed by atoms with Gasteiger partial charge in [0.15, 0.2) is 0 Å². The molecule has 1 saturated heterocycles. The van der Waals surface area contributed by atoms with Crippen molar-refractivity contribution in [1.82, 2.24) is 9.97 Å². The first-order valence-corrected chi connectivity index (χ1v) is 11.1. The average molecular weight is 422 g/mol. The number of rotatable bonds is 4. The minimum Gasteiger partial charge on any atom is -0.378 e. The van der Waals surface area contributed by atoms with Crippen LogP contribution in [0.1, 0.15) is 30.1 Å². The monoisotopic (exact) mass is 421 g/mol. The minimum absolute atomic E-state index is 0.536. The van der Waals surface area contributed by atoms with E-state index in [0.29, 0.717) is 5.92 Å². The normalized spacial score (nSPS) is 16.9. The molecule has 1 aliphatic heterocycles. The molecule has 6 heteroatoms. The first kappa shape index (κ1) is 19.4. The third-order valence-corrected chi connectivity index (χ3v) is 6.46. The average Bonchev–Trinajstić information content (AvgIpc) is 3.58. The number of piperazine rings is 1. The molecule has 0 bridgehead atoms. The number of aryl methyl sites for hydroxylation is 1. The fourth-order valence-electron chi connectivity index (χ4n) is 4.19. The summed E-state index contributed by atoms with van der Waals surface area (Å²) in [5, 5.41) is 1.98. The summed E-state index contributed by atoms with van der Waals surface area (Å²) in [7, 11) is 4.15. The number of fused-ring (bicyclic) bond motifs is 1. The zero-order valence-corrected chi connectivity index (χ0v) is 18.7. The van der Waals surface area contributed by atoms with Crippen LogP contribution in [0.5, 0.6) is 0 Å². The van der Waals surface area contributed by atoms with E-state index in [-0.39, 0.29) is 0 Å². The second-order valence-electron chi connectivity index (χ2n) is 8.70. The zero-order valence-electron chi connectivity index (χ0n) is 17.9. The van der Waals surface area contributed by atoms with Crippen molar-refractivity contribution in [2.24, 2.45) is 0 Å². The van der Waals surface area contributed by atoms with Gasteiger partial charge in [-0.05, 0) is 55.7 Å². The molecular formula is C24H28ClN5. The smallest absolute Gasteiger partial charge is 0.140 e. The molecule has 2 aliphatic rings. The highest BCUT2D eigenvalue weighted by atomic mass is 35.5. The highest BCUT2D eigenvalue weighted by Gasteiger charge is 2.29. The summed E-state index contributed by atoms with van der Waals surface area (Å²) < 4.78 is 0. The molecule has 0 N–H and O–H groups in total. The molecule has 156 valence electrons. The second-order valence-corrected chi connectivity index (χ2v) is 9.11. The minimum atomic E-state index is 0.536. The van der Waals surface area contributed by atoms with E-state index in [0.717, 1.165) is 59.4 Å². The molecule has 1 saturated carbocycles. The fourth-order valence-corrected chi connectivity index (χ4v) is 4.54. The summed E-state index contributed by atoms with van der Waals surface area (Å²) in [4.78, 5) is 16.9. The standard InChI is InChI=1S/C24H28ClN5/c1-16-4-9-22(20(25)14-16)29-10-12-30(13-11-29)24-19-15-18(28(2)3)7-8-21(19)26-23(27-24)17-5-6-17/h4,7-9,14-15,17H,5-6,10-13H2,1-3H3. The molecule has 0 atom stereocenters. The van der Waals surface area contributed by atoms with E-state index in [1.165, 1.54) is 24.1 Å². The summed E-state index contributed by atoms with van der Waals surface area (Å²) in [5.74, 6) is 2.63. The molecule has 0 radical (unpaired) electrons. The number of anilines is 3. The van der Waals surface area contributed by atoms with Crippen molar-refractivity contribution in [2.75, 3.05) is 55.0 Å². The Hall–Kier alpha value is -2.53. The molecular weight excluding hydrogens is 394 g/mol. The van der Waals surface area contributed by atoms with Gasteiger partial charge in [-0.2, -0.15) is 0 Å². The fraction of sp³-hybridized carbons (Fsp3) is 0.417. The maximum absolute atomic E-state index is 6.52. The molecule has 2 aromatic carbocycles. The molecule has 5 rings (SSSR count). The van der Waals surface area contributed by atoms with Crippen LogP contribution in [0.25, 0.3) is 10.9 Å². The van der Waals surface area contributed by atoms with Crippen LogP contribution in [0, 0.1) is 6.92 Å². The molecule has 5 nitrogen and oxygen atoms in total. The van der Waals surface area contributed by atoms with Gasteiger partial charge in [-0.1, -0.05) is 17.7 Å². The number of aromatic nitrogens is 2. The maximum atomic E-state index is 6.52. The largest absolute Gasteiger partial charge is 0.378 e. The van der Waals surface area contributed by atoms with Crippen LogP contribution in [0.4, 0.5) is 17.2 Å². The lowest BCUT2D eigenvalue weighted by molar-refractivity contribution is 0.647. The molecule has 1 aromatic heterocycles. The van der Waals surface area contributed by atoms with E-state index in [1.807, 2.05) is 6.07 Å². The Morgan fingerprint density at radius 1 is 0.933 bits per heavy atom. The summed E-state index contributed by atoms with van der Waals surface area (Å²) in [6.07, 6.45) is 2.42. The second kappa shape index (κ2) is 7.62. The van der Waals surface area contributed by atoms with Crippen LogP contribution in [0.2, 0.25) is 5.02 Å². The van der Waals surface area contributed by atoms with Gasteiger partial charge in [0.1, 0.15) is 11.6 Å². The van der Waals surface area contributed by atoms with Gasteiger partial charge < -0.3 is 14.7 Å². The van der Waals surface area contributed by atoms with E-state index in [9.17, 15) is 0 Å². The Bertz CT molecular complexity index is 1080. The van der Waals surface area contributed by atoms with E-state index in [2.05, 4.69) is 66.1 Å². The third-order valence-electron chi connectivity index (χ3n) is 6.16. The number of hydrogen-bond donors (Lipinski definition) is 0. The number of benzene rings is 2. The van der Waals surface area contributed by atoms with Crippen LogP contribution in [-0.2, 0) is 0 Å². The molecule has 2 fully saturated rings. The summed E-state index contributed by atoms with van der Waals surface area (Å²) in [6, 6.07) is 12.8. The third kappa shape index (κ3) is 3.67. The van der Waals surface area contributed by atoms with Crippen molar-refractivity contribution in [3.05, 3.63) is 52.8 Å². The number of halogens is 1. The van der Waals surface area contributed by atoms with E-state index < -0.39 is 0 Å². The van der Waals surface area contributed by atoms with Gasteiger partial charge in [0.05, 0.1) is 16.2 Å².